The summed E-state index contributed by atoms with van der Waals surface area (Å²) in [5, 5.41) is 1.39. The lowest BCUT2D eigenvalue weighted by molar-refractivity contribution is -0.123. The maximum Gasteiger partial charge on any atom is 0.276 e. The average molecular weight is 330 g/mol. The fourth-order valence-electron chi connectivity index (χ4n) is 2.68. The highest BCUT2D eigenvalue weighted by Gasteiger charge is 2.31. The summed E-state index contributed by atoms with van der Waals surface area (Å²) in [5.41, 5.74) is 3.41. The Morgan fingerprint density at radius 2 is 1.88 bits per heavy atom. The molecule has 24 heavy (non-hydrogen) atoms. The maximum atomic E-state index is 13.0. The first-order valence-electron chi connectivity index (χ1n) is 8.32. The van der Waals surface area contributed by atoms with Crippen molar-refractivity contribution >= 4 is 11.8 Å². The number of benzene rings is 1. The number of hydrogen-bond acceptors (Lipinski definition) is 3. The molecule has 2 amide bonds. The molecule has 0 saturated heterocycles. The van der Waals surface area contributed by atoms with Gasteiger partial charge in [-0.05, 0) is 58.6 Å². The first kappa shape index (κ1) is 18.0. The molecule has 2 rings (SSSR count). The van der Waals surface area contributed by atoms with Gasteiger partial charge in [0.2, 0.25) is 0 Å². The van der Waals surface area contributed by atoms with E-state index >= 15 is 0 Å². The summed E-state index contributed by atoms with van der Waals surface area (Å²) < 4.78 is 5.28. The van der Waals surface area contributed by atoms with Crippen LogP contribution in [0.1, 0.15) is 56.8 Å². The molecule has 130 valence electrons. The molecule has 5 nitrogen and oxygen atoms in total. The Bertz CT molecular complexity index is 644. The van der Waals surface area contributed by atoms with Crippen LogP contribution in [0.4, 0.5) is 0 Å². The maximum absolute atomic E-state index is 13.0. The molecule has 0 saturated carbocycles. The van der Waals surface area contributed by atoms with Crippen molar-refractivity contribution in [3.63, 3.8) is 0 Å². The quantitative estimate of drug-likeness (QED) is 0.863. The summed E-state index contributed by atoms with van der Waals surface area (Å²) in [7, 11) is 1.53. The highest BCUT2D eigenvalue weighted by Crippen LogP contribution is 2.23. The smallest absolute Gasteiger partial charge is 0.276 e. The Kier molecular flexibility index (Phi) is 5.65. The number of ether oxygens (including phenoxy) is 1. The van der Waals surface area contributed by atoms with Crippen LogP contribution in [-0.4, -0.2) is 29.5 Å². The molecule has 0 spiro atoms. The van der Waals surface area contributed by atoms with Crippen LogP contribution in [0.5, 0.6) is 5.75 Å². The van der Waals surface area contributed by atoms with Gasteiger partial charge in [-0.2, -0.15) is 0 Å². The van der Waals surface area contributed by atoms with Crippen molar-refractivity contribution in [1.82, 2.24) is 10.4 Å². The zero-order valence-corrected chi connectivity index (χ0v) is 14.9. The molecule has 0 bridgehead atoms. The molecular weight excluding hydrogens is 304 g/mol. The number of carbonyl (C=O) groups is 2. The molecule has 1 aliphatic carbocycles. The first-order chi connectivity index (χ1) is 11.3. The molecule has 0 atom stereocenters. The third kappa shape index (κ3) is 4.16. The number of hydrogen-bond donors (Lipinski definition) is 1. The number of carbonyl (C=O) groups excluding carboxylic acids is 2. The van der Waals surface area contributed by atoms with E-state index in [2.05, 4.69) is 5.43 Å². The minimum atomic E-state index is -0.567. The van der Waals surface area contributed by atoms with E-state index in [0.717, 1.165) is 31.3 Å². The zero-order valence-electron chi connectivity index (χ0n) is 14.9. The number of nitrogens with one attached hydrogen (secondary N) is 1. The first-order valence-corrected chi connectivity index (χ1v) is 8.32. The molecule has 1 N–H and O–H groups in total. The second-order valence-electron chi connectivity index (χ2n) is 6.93. The van der Waals surface area contributed by atoms with E-state index in [-0.39, 0.29) is 11.8 Å². The van der Waals surface area contributed by atoms with Crippen molar-refractivity contribution in [1.29, 1.82) is 0 Å². The van der Waals surface area contributed by atoms with Gasteiger partial charge < -0.3 is 4.74 Å². The minimum absolute atomic E-state index is 0.201. The summed E-state index contributed by atoms with van der Waals surface area (Å²) in [4.78, 5) is 25.5. The molecule has 1 aromatic carbocycles. The van der Waals surface area contributed by atoms with Gasteiger partial charge in [-0.1, -0.05) is 18.2 Å². The number of hydrazine groups is 1. The van der Waals surface area contributed by atoms with Crippen molar-refractivity contribution in [3.05, 3.63) is 41.5 Å². The van der Waals surface area contributed by atoms with Gasteiger partial charge in [0.15, 0.2) is 0 Å². The van der Waals surface area contributed by atoms with Gasteiger partial charge in [-0.3, -0.25) is 15.0 Å². The van der Waals surface area contributed by atoms with Gasteiger partial charge in [-0.25, -0.2) is 5.01 Å². The molecule has 5 heteroatoms. The summed E-state index contributed by atoms with van der Waals surface area (Å²) in [6.07, 6.45) is 5.76. The van der Waals surface area contributed by atoms with Crippen molar-refractivity contribution in [2.45, 2.75) is 52.0 Å². The number of para-hydroxylation sites is 1. The molecule has 0 fully saturated rings. The predicted molar refractivity (Wildman–Crippen MR) is 93.6 cm³/mol. The Labute approximate surface area is 143 Å². The van der Waals surface area contributed by atoms with Gasteiger partial charge >= 0.3 is 0 Å². The zero-order chi connectivity index (χ0) is 17.7. The number of allylic oxidation sites excluding steroid dienone is 1. The lowest BCUT2D eigenvalue weighted by Gasteiger charge is -2.36. The predicted octanol–water partition coefficient (Wildman–Crippen LogP) is 3.47. The standard InChI is InChI=1S/C19H26N2O3/c1-19(2,3)21(20-17(22)14-10-6-5-7-11-14)18(23)15-12-8-9-13-16(15)24-4/h8-10,12-13H,5-7,11H2,1-4H3,(H,20,22). The van der Waals surface area contributed by atoms with Crippen molar-refractivity contribution in [3.8, 4) is 5.75 Å². The van der Waals surface area contributed by atoms with Crippen LogP contribution in [0.2, 0.25) is 0 Å². The van der Waals surface area contributed by atoms with E-state index in [1.54, 1.807) is 18.2 Å². The topological polar surface area (TPSA) is 58.6 Å². The van der Waals surface area contributed by atoms with Crippen LogP contribution in [0.3, 0.4) is 0 Å². The second kappa shape index (κ2) is 7.51. The normalized spacial score (nSPS) is 14.6. The third-order valence-electron chi connectivity index (χ3n) is 4.01. The molecule has 0 heterocycles. The molecule has 0 aliphatic heterocycles. The van der Waals surface area contributed by atoms with Crippen LogP contribution >= 0.6 is 0 Å². The molecule has 0 unspecified atom stereocenters. The molecule has 0 aromatic heterocycles. The van der Waals surface area contributed by atoms with Crippen LogP contribution in [0.15, 0.2) is 35.9 Å². The highest BCUT2D eigenvalue weighted by molar-refractivity contribution is 6.00. The van der Waals surface area contributed by atoms with E-state index in [1.165, 1.54) is 12.1 Å². The summed E-state index contributed by atoms with van der Waals surface area (Å²) in [5.74, 6) is 0.000429. The number of rotatable bonds is 3. The van der Waals surface area contributed by atoms with Crippen LogP contribution in [0.25, 0.3) is 0 Å². The van der Waals surface area contributed by atoms with E-state index < -0.39 is 5.54 Å². The Balaban J connectivity index is 2.27. The Morgan fingerprint density at radius 3 is 2.46 bits per heavy atom. The lowest BCUT2D eigenvalue weighted by atomic mass is 9.99. The van der Waals surface area contributed by atoms with E-state index in [9.17, 15) is 9.59 Å². The molecule has 0 radical (unpaired) electrons. The van der Waals surface area contributed by atoms with Crippen LogP contribution < -0.4 is 10.2 Å². The summed E-state index contributed by atoms with van der Waals surface area (Å²) in [6.45, 7) is 5.65. The molecular formula is C19H26N2O3. The fourth-order valence-corrected chi connectivity index (χ4v) is 2.68. The second-order valence-corrected chi connectivity index (χ2v) is 6.93. The van der Waals surface area contributed by atoms with Gasteiger partial charge in [0.1, 0.15) is 5.75 Å². The van der Waals surface area contributed by atoms with E-state index in [0.29, 0.717) is 11.3 Å². The van der Waals surface area contributed by atoms with Crippen LogP contribution in [-0.2, 0) is 4.79 Å². The van der Waals surface area contributed by atoms with Gasteiger partial charge in [0.05, 0.1) is 18.2 Å². The van der Waals surface area contributed by atoms with E-state index in [4.69, 9.17) is 4.74 Å². The summed E-state index contributed by atoms with van der Waals surface area (Å²) >= 11 is 0. The number of nitrogens with zero attached hydrogens (tertiary/aromatic N) is 1. The number of methoxy groups -OCH3 is 1. The average Bonchev–Trinajstić information content (AvgIpc) is 2.58. The highest BCUT2D eigenvalue weighted by atomic mass is 16.5. The monoisotopic (exact) mass is 330 g/mol. The van der Waals surface area contributed by atoms with E-state index in [1.807, 2.05) is 32.9 Å². The van der Waals surface area contributed by atoms with Crippen LogP contribution in [0, 0.1) is 0 Å². The van der Waals surface area contributed by atoms with Crippen molar-refractivity contribution < 1.29 is 14.3 Å². The number of amides is 2. The summed E-state index contributed by atoms with van der Waals surface area (Å²) in [6, 6.07) is 7.02. The third-order valence-corrected chi connectivity index (χ3v) is 4.01. The molecule has 1 aliphatic rings. The van der Waals surface area contributed by atoms with Crippen molar-refractivity contribution in [2.24, 2.45) is 0 Å². The van der Waals surface area contributed by atoms with Gasteiger partial charge in [0, 0.05) is 5.57 Å². The molecule has 1 aromatic rings. The SMILES string of the molecule is COc1ccccc1C(=O)N(NC(=O)C1=CCCCC1)C(C)(C)C. The van der Waals surface area contributed by atoms with Crippen molar-refractivity contribution in [2.75, 3.05) is 7.11 Å². The fraction of sp³-hybridized carbons (Fsp3) is 0.474. The van der Waals surface area contributed by atoms with Gasteiger partial charge in [-0.15, -0.1) is 0 Å². The Morgan fingerprint density at radius 1 is 1.17 bits per heavy atom. The lowest BCUT2D eigenvalue weighted by Crippen LogP contribution is -2.56. The Hall–Kier alpha value is -2.30. The minimum Gasteiger partial charge on any atom is -0.496 e. The largest absolute Gasteiger partial charge is 0.496 e. The van der Waals surface area contributed by atoms with Gasteiger partial charge in [0.25, 0.3) is 11.8 Å².